The number of halogens is 3. The average Bonchev–Trinajstić information content (AvgIpc) is 3.34. The molecule has 0 fully saturated rings. The van der Waals surface area contributed by atoms with Crippen molar-refractivity contribution in [1.29, 1.82) is 0 Å². The van der Waals surface area contributed by atoms with Crippen molar-refractivity contribution in [3.63, 3.8) is 0 Å². The molecule has 4 rings (SSSR count). The van der Waals surface area contributed by atoms with Crippen LogP contribution in [0.3, 0.4) is 0 Å². The van der Waals surface area contributed by atoms with Crippen molar-refractivity contribution in [1.82, 2.24) is 14.8 Å². The number of fused-ring (bicyclic) bond motifs is 1. The first-order valence-electron chi connectivity index (χ1n) is 14.0. The minimum absolute atomic E-state index is 0.109. The van der Waals surface area contributed by atoms with E-state index in [4.69, 9.17) is 0 Å². The van der Waals surface area contributed by atoms with Crippen LogP contribution in [0.25, 0.3) is 10.9 Å². The molecule has 9 heteroatoms. The van der Waals surface area contributed by atoms with Crippen LogP contribution in [0.1, 0.15) is 41.7 Å². The normalized spacial score (nSPS) is 11.6. The zero-order valence-corrected chi connectivity index (χ0v) is 24.4. The van der Waals surface area contributed by atoms with E-state index in [1.807, 2.05) is 76.4 Å². The van der Waals surface area contributed by atoms with Gasteiger partial charge in [0.05, 0.1) is 5.56 Å². The number of hydrogen-bond acceptors (Lipinski definition) is 2. The van der Waals surface area contributed by atoms with Gasteiger partial charge in [-0.25, -0.2) is 4.79 Å². The van der Waals surface area contributed by atoms with Crippen LogP contribution in [0.5, 0.6) is 0 Å². The van der Waals surface area contributed by atoms with Gasteiger partial charge in [0, 0.05) is 42.4 Å². The molecular formula is C33H37F3N4O2. The maximum atomic E-state index is 13.8. The number of amides is 3. The standard InChI is InChI=1S/C33H37F3N4O2/c1-22(2)19-40(32(42)38-29-14-9-23(3)17-24(29)4)21-31(41)39(20-25-10-12-27(13-11-25)33(34,35)36)16-15-26-18-37-30-8-6-5-7-28(26)30/h5-14,17-18,22,37H,15-16,19-21H2,1-4H3,(H,38,42). The Labute approximate surface area is 244 Å². The number of alkyl halides is 3. The predicted octanol–water partition coefficient (Wildman–Crippen LogP) is 7.56. The molecule has 0 saturated heterocycles. The lowest BCUT2D eigenvalue weighted by Gasteiger charge is -2.29. The third kappa shape index (κ3) is 7.93. The second-order valence-corrected chi connectivity index (χ2v) is 11.1. The zero-order valence-electron chi connectivity index (χ0n) is 24.4. The molecule has 3 amide bonds. The highest BCUT2D eigenvalue weighted by Gasteiger charge is 2.30. The summed E-state index contributed by atoms with van der Waals surface area (Å²) in [5.41, 5.74) is 4.52. The van der Waals surface area contributed by atoms with Crippen molar-refractivity contribution in [3.8, 4) is 0 Å². The Morgan fingerprint density at radius 2 is 1.67 bits per heavy atom. The van der Waals surface area contributed by atoms with Crippen LogP contribution in [0.2, 0.25) is 0 Å². The number of H-pyrrole nitrogens is 1. The second kappa shape index (κ2) is 13.1. The quantitative estimate of drug-likeness (QED) is 0.204. The van der Waals surface area contributed by atoms with Gasteiger partial charge in [-0.15, -0.1) is 0 Å². The third-order valence-electron chi connectivity index (χ3n) is 7.16. The average molecular weight is 579 g/mol. The van der Waals surface area contributed by atoms with Gasteiger partial charge in [0.2, 0.25) is 5.91 Å². The Balaban J connectivity index is 1.55. The van der Waals surface area contributed by atoms with Gasteiger partial charge in [-0.2, -0.15) is 13.2 Å². The van der Waals surface area contributed by atoms with Crippen molar-refractivity contribution in [3.05, 3.63) is 101 Å². The number of urea groups is 1. The molecule has 0 aliphatic carbocycles. The lowest BCUT2D eigenvalue weighted by molar-refractivity contribution is -0.137. The van der Waals surface area contributed by atoms with Gasteiger partial charge in [0.1, 0.15) is 6.54 Å². The fourth-order valence-electron chi connectivity index (χ4n) is 4.98. The van der Waals surface area contributed by atoms with Crippen LogP contribution in [-0.2, 0) is 23.9 Å². The van der Waals surface area contributed by atoms with Gasteiger partial charge in [0.15, 0.2) is 0 Å². The summed E-state index contributed by atoms with van der Waals surface area (Å²) in [6.45, 7) is 8.48. The summed E-state index contributed by atoms with van der Waals surface area (Å²) in [6.07, 6.45) is -1.99. The number of carbonyl (C=O) groups is 2. The highest BCUT2D eigenvalue weighted by molar-refractivity contribution is 5.93. The number of carbonyl (C=O) groups excluding carboxylic acids is 2. The minimum atomic E-state index is -4.44. The number of nitrogens with zero attached hydrogens (tertiary/aromatic N) is 2. The zero-order chi connectivity index (χ0) is 30.4. The van der Waals surface area contributed by atoms with Crippen molar-refractivity contribution in [2.24, 2.45) is 5.92 Å². The van der Waals surface area contributed by atoms with E-state index < -0.39 is 11.7 Å². The summed E-state index contributed by atoms with van der Waals surface area (Å²) < 4.78 is 39.4. The van der Waals surface area contributed by atoms with Gasteiger partial charge in [-0.05, 0) is 67.1 Å². The SMILES string of the molecule is Cc1ccc(NC(=O)N(CC(=O)N(CCc2c[nH]c3ccccc23)Cc2ccc(C(F)(F)F)cc2)CC(C)C)c(C)c1. The van der Waals surface area contributed by atoms with E-state index in [1.165, 1.54) is 17.0 Å². The molecule has 0 saturated carbocycles. The highest BCUT2D eigenvalue weighted by Crippen LogP contribution is 2.29. The molecule has 0 atom stereocenters. The van der Waals surface area contributed by atoms with Crippen LogP contribution < -0.4 is 5.32 Å². The molecule has 42 heavy (non-hydrogen) atoms. The molecule has 2 N–H and O–H groups in total. The number of aromatic nitrogens is 1. The van der Waals surface area contributed by atoms with Crippen LogP contribution in [-0.4, -0.2) is 46.4 Å². The van der Waals surface area contributed by atoms with E-state index in [0.717, 1.165) is 39.7 Å². The minimum Gasteiger partial charge on any atom is -0.361 e. The Hall–Kier alpha value is -4.27. The summed E-state index contributed by atoms with van der Waals surface area (Å²) in [6, 6.07) is 18.1. The van der Waals surface area contributed by atoms with E-state index in [-0.39, 0.29) is 30.9 Å². The molecule has 0 radical (unpaired) electrons. The van der Waals surface area contributed by atoms with Gasteiger partial charge < -0.3 is 20.1 Å². The van der Waals surface area contributed by atoms with Gasteiger partial charge >= 0.3 is 12.2 Å². The van der Waals surface area contributed by atoms with Crippen LogP contribution in [0, 0.1) is 19.8 Å². The lowest BCUT2D eigenvalue weighted by atomic mass is 10.1. The Bertz CT molecular complexity index is 1530. The van der Waals surface area contributed by atoms with Crippen molar-refractivity contribution in [2.45, 2.75) is 46.8 Å². The van der Waals surface area contributed by atoms with Crippen LogP contribution in [0.15, 0.2) is 72.9 Å². The summed E-state index contributed by atoms with van der Waals surface area (Å²) in [4.78, 5) is 33.5. The Kier molecular flexibility index (Phi) is 9.60. The van der Waals surface area contributed by atoms with Gasteiger partial charge in [-0.1, -0.05) is 61.9 Å². The third-order valence-corrected chi connectivity index (χ3v) is 7.16. The van der Waals surface area contributed by atoms with E-state index in [0.29, 0.717) is 30.8 Å². The molecule has 0 aliphatic rings. The number of hydrogen-bond donors (Lipinski definition) is 2. The van der Waals surface area contributed by atoms with Crippen molar-refractivity contribution in [2.75, 3.05) is 25.0 Å². The summed E-state index contributed by atoms with van der Waals surface area (Å²) in [5.74, 6) is -0.177. The van der Waals surface area contributed by atoms with Crippen molar-refractivity contribution < 1.29 is 22.8 Å². The molecule has 0 bridgehead atoms. The maximum absolute atomic E-state index is 13.8. The predicted molar refractivity (Wildman–Crippen MR) is 160 cm³/mol. The van der Waals surface area contributed by atoms with Crippen LogP contribution >= 0.6 is 0 Å². The monoisotopic (exact) mass is 578 g/mol. The largest absolute Gasteiger partial charge is 0.416 e. The number of rotatable bonds is 10. The molecule has 4 aromatic rings. The maximum Gasteiger partial charge on any atom is 0.416 e. The summed E-state index contributed by atoms with van der Waals surface area (Å²) >= 11 is 0. The first-order valence-corrected chi connectivity index (χ1v) is 14.0. The molecular weight excluding hydrogens is 541 g/mol. The lowest BCUT2D eigenvalue weighted by Crippen LogP contribution is -2.46. The number of para-hydroxylation sites is 1. The Morgan fingerprint density at radius 3 is 2.33 bits per heavy atom. The molecule has 0 spiro atoms. The summed E-state index contributed by atoms with van der Waals surface area (Å²) in [7, 11) is 0. The first kappa shape index (κ1) is 30.7. The van der Waals surface area contributed by atoms with E-state index in [1.54, 1.807) is 4.90 Å². The highest BCUT2D eigenvalue weighted by atomic mass is 19.4. The topological polar surface area (TPSA) is 68.4 Å². The number of aryl methyl sites for hydroxylation is 2. The fraction of sp³-hybridized carbons (Fsp3) is 0.333. The molecule has 3 aromatic carbocycles. The van der Waals surface area contributed by atoms with E-state index in [2.05, 4.69) is 10.3 Å². The van der Waals surface area contributed by atoms with Gasteiger partial charge in [-0.3, -0.25) is 4.79 Å². The number of aromatic amines is 1. The molecule has 0 aliphatic heterocycles. The number of benzene rings is 3. The number of anilines is 1. The molecule has 1 aromatic heterocycles. The first-order chi connectivity index (χ1) is 19.9. The fourth-order valence-corrected chi connectivity index (χ4v) is 4.98. The molecule has 6 nitrogen and oxygen atoms in total. The Morgan fingerprint density at radius 1 is 0.952 bits per heavy atom. The van der Waals surface area contributed by atoms with Crippen LogP contribution in [0.4, 0.5) is 23.7 Å². The van der Waals surface area contributed by atoms with E-state index >= 15 is 0 Å². The molecule has 1 heterocycles. The van der Waals surface area contributed by atoms with Gasteiger partial charge in [0.25, 0.3) is 0 Å². The smallest absolute Gasteiger partial charge is 0.361 e. The van der Waals surface area contributed by atoms with E-state index in [9.17, 15) is 22.8 Å². The number of nitrogens with one attached hydrogen (secondary N) is 2. The molecule has 222 valence electrons. The van der Waals surface area contributed by atoms with Crippen molar-refractivity contribution >= 4 is 28.5 Å². The summed E-state index contributed by atoms with van der Waals surface area (Å²) in [5, 5.41) is 3.99. The molecule has 0 unspecified atom stereocenters. The second-order valence-electron chi connectivity index (χ2n) is 11.1.